The number of carbonyl (C=O) groups is 2. The highest BCUT2D eigenvalue weighted by atomic mass is 32.1. The van der Waals surface area contributed by atoms with E-state index in [4.69, 9.17) is 0 Å². The van der Waals surface area contributed by atoms with E-state index in [1.165, 1.54) is 12.8 Å². The molecule has 0 bridgehead atoms. The van der Waals surface area contributed by atoms with Crippen LogP contribution < -0.4 is 0 Å². The van der Waals surface area contributed by atoms with Crippen molar-refractivity contribution in [3.8, 4) is 0 Å². The predicted octanol–water partition coefficient (Wildman–Crippen LogP) is 4.45. The molecule has 2 rings (SSSR count). The summed E-state index contributed by atoms with van der Waals surface area (Å²) in [7, 11) is 0. The van der Waals surface area contributed by atoms with Crippen LogP contribution in [0.4, 0.5) is 0 Å². The molecule has 1 aromatic rings. The van der Waals surface area contributed by atoms with Gasteiger partial charge in [-0.15, -0.1) is 11.3 Å². The van der Waals surface area contributed by atoms with Gasteiger partial charge in [-0.05, 0) is 25.7 Å². The number of carbonyl (C=O) groups excluding carboxylic acids is 2. The van der Waals surface area contributed by atoms with Crippen LogP contribution in [0, 0.1) is 5.92 Å². The SMILES string of the molecule is CC(=O)c1c(C(=O)C(C)C)csc1C1CCCC1. The number of Topliss-reactive ketones (excluding diaryl/α,β-unsaturated/α-hetero) is 2. The molecule has 1 aromatic heterocycles. The zero-order chi connectivity index (χ0) is 13.3. The third kappa shape index (κ3) is 2.41. The third-order valence-electron chi connectivity index (χ3n) is 3.69. The van der Waals surface area contributed by atoms with Gasteiger partial charge in [0, 0.05) is 27.3 Å². The van der Waals surface area contributed by atoms with E-state index in [1.54, 1.807) is 18.3 Å². The van der Waals surface area contributed by atoms with Gasteiger partial charge >= 0.3 is 0 Å². The average molecular weight is 264 g/mol. The summed E-state index contributed by atoms with van der Waals surface area (Å²) in [5, 5.41) is 1.90. The number of thiophene rings is 1. The third-order valence-corrected chi connectivity index (χ3v) is 4.83. The maximum atomic E-state index is 12.2. The largest absolute Gasteiger partial charge is 0.294 e. The number of ketones is 2. The first-order chi connectivity index (χ1) is 8.52. The number of hydrogen-bond acceptors (Lipinski definition) is 3. The molecule has 0 aromatic carbocycles. The molecule has 98 valence electrons. The topological polar surface area (TPSA) is 34.1 Å². The van der Waals surface area contributed by atoms with Crippen LogP contribution in [-0.2, 0) is 0 Å². The van der Waals surface area contributed by atoms with Crippen molar-refractivity contribution in [1.29, 1.82) is 0 Å². The predicted molar refractivity (Wildman–Crippen MR) is 74.7 cm³/mol. The fraction of sp³-hybridized carbons (Fsp3) is 0.600. The minimum absolute atomic E-state index is 0.0437. The highest BCUT2D eigenvalue weighted by Crippen LogP contribution is 2.40. The van der Waals surface area contributed by atoms with Crippen LogP contribution in [0.2, 0.25) is 0 Å². The molecule has 1 aliphatic rings. The first-order valence-electron chi connectivity index (χ1n) is 6.69. The molecule has 0 spiro atoms. The molecular weight excluding hydrogens is 244 g/mol. The molecule has 1 aliphatic carbocycles. The summed E-state index contributed by atoms with van der Waals surface area (Å²) in [5.41, 5.74) is 1.37. The van der Waals surface area contributed by atoms with Gasteiger partial charge in [0.25, 0.3) is 0 Å². The quantitative estimate of drug-likeness (QED) is 0.753. The van der Waals surface area contributed by atoms with Crippen LogP contribution in [-0.4, -0.2) is 11.6 Å². The van der Waals surface area contributed by atoms with E-state index < -0.39 is 0 Å². The Morgan fingerprint density at radius 1 is 1.28 bits per heavy atom. The van der Waals surface area contributed by atoms with E-state index in [9.17, 15) is 9.59 Å². The van der Waals surface area contributed by atoms with Crippen LogP contribution in [0.15, 0.2) is 5.38 Å². The van der Waals surface area contributed by atoms with Gasteiger partial charge in [-0.2, -0.15) is 0 Å². The number of rotatable bonds is 4. The summed E-state index contributed by atoms with van der Waals surface area (Å²) < 4.78 is 0. The van der Waals surface area contributed by atoms with Crippen molar-refractivity contribution < 1.29 is 9.59 Å². The van der Waals surface area contributed by atoms with Crippen molar-refractivity contribution in [2.75, 3.05) is 0 Å². The van der Waals surface area contributed by atoms with E-state index in [0.717, 1.165) is 17.7 Å². The van der Waals surface area contributed by atoms with E-state index in [0.29, 0.717) is 17.0 Å². The molecule has 18 heavy (non-hydrogen) atoms. The summed E-state index contributed by atoms with van der Waals surface area (Å²) in [6, 6.07) is 0. The van der Waals surface area contributed by atoms with Crippen molar-refractivity contribution in [1.82, 2.24) is 0 Å². The Morgan fingerprint density at radius 2 is 1.89 bits per heavy atom. The highest BCUT2D eigenvalue weighted by molar-refractivity contribution is 7.10. The van der Waals surface area contributed by atoms with E-state index in [-0.39, 0.29) is 17.5 Å². The zero-order valence-electron chi connectivity index (χ0n) is 11.3. The van der Waals surface area contributed by atoms with Crippen LogP contribution in [0.5, 0.6) is 0 Å². The Kier molecular flexibility index (Phi) is 4.00. The molecule has 0 N–H and O–H groups in total. The summed E-state index contributed by atoms with van der Waals surface area (Å²) in [4.78, 5) is 25.2. The lowest BCUT2D eigenvalue weighted by Gasteiger charge is -2.10. The van der Waals surface area contributed by atoms with Crippen LogP contribution >= 0.6 is 11.3 Å². The van der Waals surface area contributed by atoms with Crippen LogP contribution in [0.3, 0.4) is 0 Å². The second kappa shape index (κ2) is 5.35. The van der Waals surface area contributed by atoms with Gasteiger partial charge in [0.05, 0.1) is 0 Å². The van der Waals surface area contributed by atoms with Crippen molar-refractivity contribution >= 4 is 22.9 Å². The fourth-order valence-electron chi connectivity index (χ4n) is 2.72. The Balaban J connectivity index is 2.43. The molecule has 0 atom stereocenters. The molecule has 0 radical (unpaired) electrons. The van der Waals surface area contributed by atoms with Crippen molar-refractivity contribution in [2.45, 2.75) is 52.4 Å². The minimum atomic E-state index is -0.0471. The zero-order valence-corrected chi connectivity index (χ0v) is 12.1. The summed E-state index contributed by atoms with van der Waals surface area (Å²) in [6.45, 7) is 5.36. The van der Waals surface area contributed by atoms with Gasteiger partial charge in [0.15, 0.2) is 11.6 Å². The Labute approximate surface area is 112 Å². The molecule has 1 fully saturated rings. The Bertz CT molecular complexity index is 465. The van der Waals surface area contributed by atoms with Gasteiger partial charge < -0.3 is 0 Å². The van der Waals surface area contributed by atoms with Crippen molar-refractivity contribution in [3.63, 3.8) is 0 Å². The van der Waals surface area contributed by atoms with Gasteiger partial charge in [0.1, 0.15) is 0 Å². The second-order valence-corrected chi connectivity index (χ2v) is 6.36. The molecular formula is C15H20O2S. The summed E-state index contributed by atoms with van der Waals surface area (Å²) >= 11 is 1.61. The van der Waals surface area contributed by atoms with E-state index >= 15 is 0 Å². The Morgan fingerprint density at radius 3 is 2.39 bits per heavy atom. The molecule has 0 saturated heterocycles. The Hall–Kier alpha value is -0.960. The molecule has 0 aliphatic heterocycles. The first-order valence-corrected chi connectivity index (χ1v) is 7.56. The smallest absolute Gasteiger partial charge is 0.166 e. The lowest BCUT2D eigenvalue weighted by atomic mass is 9.93. The molecule has 0 amide bonds. The second-order valence-electron chi connectivity index (χ2n) is 5.45. The van der Waals surface area contributed by atoms with E-state index in [1.807, 2.05) is 19.2 Å². The molecule has 3 heteroatoms. The molecule has 0 unspecified atom stereocenters. The van der Waals surface area contributed by atoms with E-state index in [2.05, 4.69) is 0 Å². The summed E-state index contributed by atoms with van der Waals surface area (Å²) in [6.07, 6.45) is 4.81. The maximum Gasteiger partial charge on any atom is 0.166 e. The normalized spacial score (nSPS) is 16.4. The molecule has 1 heterocycles. The van der Waals surface area contributed by atoms with Gasteiger partial charge in [-0.25, -0.2) is 0 Å². The standard InChI is InChI=1S/C15H20O2S/c1-9(2)14(17)12-8-18-15(13(12)10(3)16)11-6-4-5-7-11/h8-9,11H,4-7H2,1-3H3. The minimum Gasteiger partial charge on any atom is -0.294 e. The fourth-order valence-corrected chi connectivity index (χ4v) is 4.00. The monoisotopic (exact) mass is 264 g/mol. The van der Waals surface area contributed by atoms with Crippen LogP contribution in [0.25, 0.3) is 0 Å². The van der Waals surface area contributed by atoms with Crippen molar-refractivity contribution in [2.24, 2.45) is 5.92 Å². The lowest BCUT2D eigenvalue weighted by molar-refractivity contribution is 0.0927. The summed E-state index contributed by atoms with van der Waals surface area (Å²) in [5.74, 6) is 0.597. The number of hydrogen-bond donors (Lipinski definition) is 0. The molecule has 1 saturated carbocycles. The average Bonchev–Trinajstić information content (AvgIpc) is 2.95. The maximum absolute atomic E-state index is 12.2. The van der Waals surface area contributed by atoms with Gasteiger partial charge in [0.2, 0.25) is 0 Å². The van der Waals surface area contributed by atoms with Crippen LogP contribution in [0.1, 0.15) is 78.0 Å². The molecule has 2 nitrogen and oxygen atoms in total. The highest BCUT2D eigenvalue weighted by Gasteiger charge is 2.28. The van der Waals surface area contributed by atoms with Gasteiger partial charge in [-0.3, -0.25) is 9.59 Å². The van der Waals surface area contributed by atoms with Crippen molar-refractivity contribution in [3.05, 3.63) is 21.4 Å². The van der Waals surface area contributed by atoms with Gasteiger partial charge in [-0.1, -0.05) is 26.7 Å². The first kappa shape index (κ1) is 13.5. The lowest BCUT2D eigenvalue weighted by Crippen LogP contribution is -2.12.